The van der Waals surface area contributed by atoms with Crippen LogP contribution in [0.15, 0.2) is 54.6 Å². The van der Waals surface area contributed by atoms with E-state index in [1.165, 1.54) is 14.2 Å². The molecule has 1 atom stereocenters. The van der Waals surface area contributed by atoms with Crippen LogP contribution >= 0.6 is 19.2 Å². The molecule has 0 heterocycles. The van der Waals surface area contributed by atoms with Gasteiger partial charge in [0.15, 0.2) is 5.78 Å². The van der Waals surface area contributed by atoms with E-state index in [0.29, 0.717) is 5.02 Å². The average Bonchev–Trinajstić information content (AvgIpc) is 2.53. The molecule has 2 rings (SSSR count). The molecule has 0 saturated heterocycles. The number of anilines is 1. The van der Waals surface area contributed by atoms with Crippen LogP contribution in [0.5, 0.6) is 0 Å². The number of nitrogens with one attached hydrogen (secondary N) is 1. The molecule has 0 radical (unpaired) electrons. The van der Waals surface area contributed by atoms with Crippen LogP contribution in [0, 0.1) is 0 Å². The summed E-state index contributed by atoms with van der Waals surface area (Å²) in [6, 6.07) is 16.6. The molecular formula is C15H17ClNO3P. The summed E-state index contributed by atoms with van der Waals surface area (Å²) in [5.41, 5.74) is 1.55. The molecule has 2 aromatic carbocycles. The summed E-state index contributed by atoms with van der Waals surface area (Å²) in [6.07, 6.45) is 0. The van der Waals surface area contributed by atoms with E-state index in [2.05, 4.69) is 5.32 Å². The summed E-state index contributed by atoms with van der Waals surface area (Å²) in [7, 11) is -0.598. The van der Waals surface area contributed by atoms with Gasteiger partial charge in [-0.15, -0.1) is 0 Å². The molecule has 0 unspecified atom stereocenters. The third-order valence-corrected chi connectivity index (χ3v) is 5.38. The fraction of sp³-hybridized carbons (Fsp3) is 0.200. The molecule has 1 N–H and O–H groups in total. The molecule has 4 nitrogen and oxygen atoms in total. The van der Waals surface area contributed by atoms with Crippen LogP contribution in [-0.2, 0) is 13.6 Å². The zero-order chi connectivity index (χ0) is 15.3. The smallest absolute Gasteiger partial charge is 0.356 e. The van der Waals surface area contributed by atoms with Gasteiger partial charge in [0.05, 0.1) is 0 Å². The largest absolute Gasteiger partial charge is 0.368 e. The Morgan fingerprint density at radius 3 is 2.29 bits per heavy atom. The molecule has 112 valence electrons. The molecule has 21 heavy (non-hydrogen) atoms. The lowest BCUT2D eigenvalue weighted by Gasteiger charge is -2.26. The molecule has 0 amide bonds. The van der Waals surface area contributed by atoms with Gasteiger partial charge in [-0.05, 0) is 23.8 Å². The maximum absolute atomic E-state index is 12.8. The molecule has 0 aromatic heterocycles. The first kappa shape index (κ1) is 16.1. The summed E-state index contributed by atoms with van der Waals surface area (Å²) >= 11 is 5.98. The van der Waals surface area contributed by atoms with E-state index >= 15 is 0 Å². The Bertz CT molecular complexity index is 628. The van der Waals surface area contributed by atoms with Crippen LogP contribution in [-0.4, -0.2) is 14.2 Å². The monoisotopic (exact) mass is 325 g/mol. The topological polar surface area (TPSA) is 47.6 Å². The Balaban J connectivity index is 2.39. The highest BCUT2D eigenvalue weighted by Crippen LogP contribution is 2.59. The Hall–Kier alpha value is -1.32. The first-order valence-electron chi connectivity index (χ1n) is 6.37. The Morgan fingerprint density at radius 2 is 1.71 bits per heavy atom. The van der Waals surface area contributed by atoms with Crippen molar-refractivity contribution >= 4 is 24.9 Å². The second kappa shape index (κ2) is 7.10. The van der Waals surface area contributed by atoms with Gasteiger partial charge in [-0.2, -0.15) is 0 Å². The van der Waals surface area contributed by atoms with Crippen molar-refractivity contribution in [2.24, 2.45) is 0 Å². The third-order valence-electron chi connectivity index (χ3n) is 3.07. The molecule has 0 aliphatic heterocycles. The average molecular weight is 326 g/mol. The number of hydrogen-bond acceptors (Lipinski definition) is 4. The van der Waals surface area contributed by atoms with Gasteiger partial charge in [-0.25, -0.2) is 0 Å². The van der Waals surface area contributed by atoms with Gasteiger partial charge in [0.2, 0.25) is 0 Å². The molecule has 0 spiro atoms. The summed E-state index contributed by atoms with van der Waals surface area (Å²) in [4.78, 5) is 0. The van der Waals surface area contributed by atoms with Crippen molar-refractivity contribution < 1.29 is 13.6 Å². The third kappa shape index (κ3) is 3.86. The second-order valence-corrected chi connectivity index (χ2v) is 7.14. The fourth-order valence-corrected chi connectivity index (χ4v) is 3.61. The number of halogens is 1. The van der Waals surface area contributed by atoms with Crippen molar-refractivity contribution in [1.82, 2.24) is 0 Å². The van der Waals surface area contributed by atoms with E-state index in [1.54, 1.807) is 12.1 Å². The Morgan fingerprint density at radius 1 is 1.05 bits per heavy atom. The standard InChI is InChI=1S/C15H17ClNO3P/c1-19-21(18,20-2)15(12-7-4-3-5-8-12)17-14-10-6-9-13(16)11-14/h3-11,15,17H,1-2H3/t15-/m1/s1. The Kier molecular flexibility index (Phi) is 5.43. The van der Waals surface area contributed by atoms with Crippen molar-refractivity contribution in [3.05, 3.63) is 65.2 Å². The highest BCUT2D eigenvalue weighted by atomic mass is 35.5. The van der Waals surface area contributed by atoms with E-state index in [-0.39, 0.29) is 0 Å². The molecule has 0 fully saturated rings. The van der Waals surface area contributed by atoms with Crippen LogP contribution in [0.1, 0.15) is 11.3 Å². The highest BCUT2D eigenvalue weighted by molar-refractivity contribution is 7.54. The van der Waals surface area contributed by atoms with E-state index < -0.39 is 13.4 Å². The predicted octanol–water partition coefficient (Wildman–Crippen LogP) is 4.94. The summed E-state index contributed by atoms with van der Waals surface area (Å²) in [5, 5.41) is 3.77. The van der Waals surface area contributed by atoms with Crippen molar-refractivity contribution in [2.75, 3.05) is 19.5 Å². The lowest BCUT2D eigenvalue weighted by atomic mass is 10.2. The summed E-state index contributed by atoms with van der Waals surface area (Å²) in [5.74, 6) is -0.618. The first-order valence-corrected chi connectivity index (χ1v) is 8.36. The van der Waals surface area contributed by atoms with Crippen molar-refractivity contribution in [2.45, 2.75) is 5.78 Å². The van der Waals surface area contributed by atoms with Crippen LogP contribution in [0.3, 0.4) is 0 Å². The van der Waals surface area contributed by atoms with Gasteiger partial charge in [0.1, 0.15) is 0 Å². The molecule has 0 bridgehead atoms. The van der Waals surface area contributed by atoms with Gasteiger partial charge in [0.25, 0.3) is 0 Å². The second-order valence-electron chi connectivity index (χ2n) is 4.37. The predicted molar refractivity (Wildman–Crippen MR) is 85.9 cm³/mol. The molecular weight excluding hydrogens is 309 g/mol. The van der Waals surface area contributed by atoms with Crippen molar-refractivity contribution in [1.29, 1.82) is 0 Å². The SMILES string of the molecule is COP(=O)(OC)[C@@H](Nc1cccc(Cl)c1)c1ccccc1. The van der Waals surface area contributed by atoms with Crippen molar-refractivity contribution in [3.8, 4) is 0 Å². The van der Waals surface area contributed by atoms with Gasteiger partial charge in [-0.1, -0.05) is 48.0 Å². The molecule has 2 aromatic rings. The first-order chi connectivity index (χ1) is 10.1. The van der Waals surface area contributed by atoms with Gasteiger partial charge in [-0.3, -0.25) is 4.57 Å². The maximum Gasteiger partial charge on any atom is 0.356 e. The molecule has 0 saturated carbocycles. The van der Waals surface area contributed by atoms with Gasteiger partial charge < -0.3 is 14.4 Å². The van der Waals surface area contributed by atoms with Gasteiger partial charge >= 0.3 is 7.60 Å². The quantitative estimate of drug-likeness (QED) is 0.764. The fourth-order valence-electron chi connectivity index (χ4n) is 2.00. The lowest BCUT2D eigenvalue weighted by molar-refractivity contribution is 0.268. The minimum Gasteiger partial charge on any atom is -0.368 e. The number of rotatable bonds is 6. The van der Waals surface area contributed by atoms with E-state index in [9.17, 15) is 4.57 Å². The minimum absolute atomic E-state index is 0.594. The normalized spacial score (nSPS) is 12.9. The molecule has 0 aliphatic carbocycles. The van der Waals surface area contributed by atoms with E-state index in [1.807, 2.05) is 42.5 Å². The van der Waals surface area contributed by atoms with Crippen LogP contribution in [0.4, 0.5) is 5.69 Å². The number of hydrogen-bond donors (Lipinski definition) is 1. The highest BCUT2D eigenvalue weighted by Gasteiger charge is 2.35. The minimum atomic E-state index is -3.35. The summed E-state index contributed by atoms with van der Waals surface area (Å²) in [6.45, 7) is 0. The summed E-state index contributed by atoms with van der Waals surface area (Å²) < 4.78 is 23.1. The van der Waals surface area contributed by atoms with Crippen molar-refractivity contribution in [3.63, 3.8) is 0 Å². The number of benzene rings is 2. The molecule has 0 aliphatic rings. The van der Waals surface area contributed by atoms with Crippen LogP contribution < -0.4 is 5.32 Å². The van der Waals surface area contributed by atoms with E-state index in [0.717, 1.165) is 11.3 Å². The Labute approximate surface area is 129 Å². The lowest BCUT2D eigenvalue weighted by Crippen LogP contribution is -2.13. The molecule has 6 heteroatoms. The maximum atomic E-state index is 12.8. The van der Waals surface area contributed by atoms with Gasteiger partial charge in [0, 0.05) is 24.9 Å². The zero-order valence-corrected chi connectivity index (χ0v) is 13.5. The van der Waals surface area contributed by atoms with Crippen LogP contribution in [0.2, 0.25) is 5.02 Å². The zero-order valence-electron chi connectivity index (χ0n) is 11.8. The van der Waals surface area contributed by atoms with Crippen LogP contribution in [0.25, 0.3) is 0 Å². The van der Waals surface area contributed by atoms with E-state index in [4.69, 9.17) is 20.6 Å².